The Hall–Kier alpha value is -0.130. The van der Waals surface area contributed by atoms with Gasteiger partial charge in [0.05, 0.1) is 11.4 Å². The zero-order valence-electron chi connectivity index (χ0n) is 12.3. The third-order valence-corrected chi connectivity index (χ3v) is 4.76. The number of hydrogen-bond donors (Lipinski definition) is 2. The van der Waals surface area contributed by atoms with Gasteiger partial charge in [0.15, 0.2) is 0 Å². The first kappa shape index (κ1) is 18.9. The number of rotatable bonds is 12. The van der Waals surface area contributed by atoms with Crippen LogP contribution in [0.4, 0.5) is 0 Å². The molecule has 0 aliphatic heterocycles. The van der Waals surface area contributed by atoms with Crippen LogP contribution >= 0.6 is 0 Å². The van der Waals surface area contributed by atoms with E-state index in [0.717, 1.165) is 51.4 Å². The molecule has 2 unspecified atom stereocenters. The average molecular weight is 294 g/mol. The predicted octanol–water partition coefficient (Wildman–Crippen LogP) is 3.54. The van der Waals surface area contributed by atoms with E-state index in [1.54, 1.807) is 6.92 Å². The molecule has 0 aromatic heterocycles. The molecule has 0 aromatic carbocycles. The zero-order valence-corrected chi connectivity index (χ0v) is 13.2. The maximum atomic E-state index is 11.3. The highest BCUT2D eigenvalue weighted by Gasteiger charge is 2.21. The van der Waals surface area contributed by atoms with Crippen molar-refractivity contribution in [2.24, 2.45) is 0 Å². The first-order valence-electron chi connectivity index (χ1n) is 7.52. The summed E-state index contributed by atoms with van der Waals surface area (Å²) in [4.78, 5) is 0. The van der Waals surface area contributed by atoms with E-state index < -0.39 is 15.4 Å². The Kier molecular flexibility index (Phi) is 10.6. The molecule has 0 saturated heterocycles. The van der Waals surface area contributed by atoms with Crippen molar-refractivity contribution >= 4 is 10.1 Å². The molecule has 0 amide bonds. The van der Waals surface area contributed by atoms with Crippen LogP contribution in [-0.2, 0) is 10.1 Å². The van der Waals surface area contributed by atoms with Gasteiger partial charge in [-0.25, -0.2) is 0 Å². The van der Waals surface area contributed by atoms with Crippen LogP contribution in [0.25, 0.3) is 0 Å². The number of unbranched alkanes of at least 4 members (excludes halogenated alkanes) is 5. The van der Waals surface area contributed by atoms with Gasteiger partial charge < -0.3 is 5.11 Å². The van der Waals surface area contributed by atoms with Crippen LogP contribution in [0.1, 0.15) is 78.1 Å². The largest absolute Gasteiger partial charge is 0.393 e. The van der Waals surface area contributed by atoms with Crippen LogP contribution < -0.4 is 0 Å². The summed E-state index contributed by atoms with van der Waals surface area (Å²) >= 11 is 0. The zero-order chi connectivity index (χ0) is 14.7. The second kappa shape index (κ2) is 10.6. The summed E-state index contributed by atoms with van der Waals surface area (Å²) in [7, 11) is -3.90. The fourth-order valence-electron chi connectivity index (χ4n) is 2.23. The number of aliphatic hydroxyl groups excluding tert-OH is 1. The van der Waals surface area contributed by atoms with Crippen molar-refractivity contribution in [3.8, 4) is 0 Å². The lowest BCUT2D eigenvalue weighted by molar-refractivity contribution is 0.180. The molecule has 0 fully saturated rings. The molecule has 0 saturated carbocycles. The first-order valence-corrected chi connectivity index (χ1v) is 9.02. The summed E-state index contributed by atoms with van der Waals surface area (Å²) in [6.45, 7) is 3.87. The maximum absolute atomic E-state index is 11.3. The van der Waals surface area contributed by atoms with Gasteiger partial charge in [0.1, 0.15) is 0 Å². The minimum Gasteiger partial charge on any atom is -0.393 e. The smallest absolute Gasteiger partial charge is 0.267 e. The van der Waals surface area contributed by atoms with Crippen LogP contribution in [-0.4, -0.2) is 29.4 Å². The lowest BCUT2D eigenvalue weighted by atomic mass is 10.0. The molecule has 5 heteroatoms. The van der Waals surface area contributed by atoms with Crippen molar-refractivity contribution in [3.05, 3.63) is 0 Å². The van der Waals surface area contributed by atoms with E-state index in [4.69, 9.17) is 5.11 Å². The minimum absolute atomic E-state index is 0.286. The number of aliphatic hydroxyl groups is 1. The highest BCUT2D eigenvalue weighted by Crippen LogP contribution is 2.18. The Balaban J connectivity index is 3.88. The van der Waals surface area contributed by atoms with Gasteiger partial charge in [0, 0.05) is 0 Å². The van der Waals surface area contributed by atoms with Crippen molar-refractivity contribution in [3.63, 3.8) is 0 Å². The summed E-state index contributed by atoms with van der Waals surface area (Å²) in [5.74, 6) is 0. The molecule has 0 aliphatic rings. The van der Waals surface area contributed by atoms with Gasteiger partial charge in [-0.3, -0.25) is 4.55 Å². The van der Waals surface area contributed by atoms with Gasteiger partial charge in [-0.05, 0) is 26.2 Å². The van der Waals surface area contributed by atoms with Crippen LogP contribution in [0.3, 0.4) is 0 Å². The Morgan fingerprint density at radius 1 is 0.895 bits per heavy atom. The quantitative estimate of drug-likeness (QED) is 0.426. The summed E-state index contributed by atoms with van der Waals surface area (Å²) < 4.78 is 31.8. The summed E-state index contributed by atoms with van der Waals surface area (Å²) in [5.41, 5.74) is 0. The van der Waals surface area contributed by atoms with E-state index >= 15 is 0 Å². The van der Waals surface area contributed by atoms with Crippen LogP contribution in [0, 0.1) is 0 Å². The summed E-state index contributed by atoms with van der Waals surface area (Å²) in [6.07, 6.45) is 8.32. The van der Waals surface area contributed by atoms with Gasteiger partial charge in [0.25, 0.3) is 10.1 Å². The van der Waals surface area contributed by atoms with Crippen molar-refractivity contribution in [2.45, 2.75) is 89.4 Å². The van der Waals surface area contributed by atoms with E-state index in [1.807, 2.05) is 0 Å². The third kappa shape index (κ3) is 11.4. The topological polar surface area (TPSA) is 74.6 Å². The lowest BCUT2D eigenvalue weighted by Gasteiger charge is -2.13. The van der Waals surface area contributed by atoms with Crippen LogP contribution in [0.2, 0.25) is 0 Å². The Morgan fingerprint density at radius 3 is 1.79 bits per heavy atom. The second-order valence-corrected chi connectivity index (χ2v) is 7.17. The highest BCUT2D eigenvalue weighted by atomic mass is 32.2. The second-order valence-electron chi connectivity index (χ2n) is 5.47. The van der Waals surface area contributed by atoms with Gasteiger partial charge in [-0.2, -0.15) is 8.42 Å². The molecule has 0 heterocycles. The molecule has 0 aliphatic carbocycles. The average Bonchev–Trinajstić information content (AvgIpc) is 2.29. The highest BCUT2D eigenvalue weighted by molar-refractivity contribution is 7.86. The molecule has 0 radical (unpaired) electrons. The van der Waals surface area contributed by atoms with Crippen molar-refractivity contribution < 1.29 is 18.1 Å². The van der Waals surface area contributed by atoms with Crippen LogP contribution in [0.5, 0.6) is 0 Å². The molecule has 2 atom stereocenters. The Bertz CT molecular complexity index is 299. The standard InChI is InChI=1S/C14H30O4S/c1-3-4-5-8-11-14(19(16,17)18)12-9-6-7-10-13(2)15/h13-15H,3-12H2,1-2H3,(H,16,17,18). The van der Waals surface area contributed by atoms with E-state index in [2.05, 4.69) is 6.92 Å². The van der Waals surface area contributed by atoms with Gasteiger partial charge in [-0.1, -0.05) is 51.9 Å². The van der Waals surface area contributed by atoms with Gasteiger partial charge in [0.2, 0.25) is 0 Å². The molecule has 0 bridgehead atoms. The molecular formula is C14H30O4S. The van der Waals surface area contributed by atoms with Crippen molar-refractivity contribution in [2.75, 3.05) is 0 Å². The molecule has 4 nitrogen and oxygen atoms in total. The van der Waals surface area contributed by atoms with Crippen molar-refractivity contribution in [1.82, 2.24) is 0 Å². The fourth-order valence-corrected chi connectivity index (χ4v) is 3.16. The maximum Gasteiger partial charge on any atom is 0.267 e. The monoisotopic (exact) mass is 294 g/mol. The van der Waals surface area contributed by atoms with Gasteiger partial charge in [-0.15, -0.1) is 0 Å². The van der Waals surface area contributed by atoms with E-state index in [9.17, 15) is 13.0 Å². The van der Waals surface area contributed by atoms with E-state index in [0.29, 0.717) is 12.8 Å². The Morgan fingerprint density at radius 2 is 1.37 bits per heavy atom. The predicted molar refractivity (Wildman–Crippen MR) is 78.9 cm³/mol. The molecule has 2 N–H and O–H groups in total. The number of hydrogen-bond acceptors (Lipinski definition) is 3. The SMILES string of the molecule is CCCCCCC(CCCCCC(C)O)S(=O)(=O)O. The summed E-state index contributed by atoms with van der Waals surface area (Å²) in [6, 6.07) is 0. The fraction of sp³-hybridized carbons (Fsp3) is 1.00. The third-order valence-electron chi connectivity index (χ3n) is 3.45. The minimum atomic E-state index is -3.90. The van der Waals surface area contributed by atoms with Crippen molar-refractivity contribution in [1.29, 1.82) is 0 Å². The lowest BCUT2D eigenvalue weighted by Crippen LogP contribution is -2.20. The Labute approximate surface area is 118 Å². The normalized spacial score (nSPS) is 15.4. The molecule has 0 spiro atoms. The molecule has 0 aromatic rings. The van der Waals surface area contributed by atoms with E-state index in [1.165, 1.54) is 0 Å². The van der Waals surface area contributed by atoms with E-state index in [-0.39, 0.29) is 6.10 Å². The first-order chi connectivity index (χ1) is 8.88. The molecule has 0 rings (SSSR count). The molecule has 19 heavy (non-hydrogen) atoms. The molecule has 116 valence electrons. The molecular weight excluding hydrogens is 264 g/mol. The summed E-state index contributed by atoms with van der Waals surface area (Å²) in [5, 5.41) is 8.52. The van der Waals surface area contributed by atoms with Crippen LogP contribution in [0.15, 0.2) is 0 Å². The van der Waals surface area contributed by atoms with Gasteiger partial charge >= 0.3 is 0 Å².